The van der Waals surface area contributed by atoms with E-state index in [4.69, 9.17) is 0 Å². The van der Waals surface area contributed by atoms with Crippen LogP contribution in [0.2, 0.25) is 0 Å². The Labute approximate surface area is 152 Å². The Balaban J connectivity index is 1.33. The zero-order chi connectivity index (χ0) is 17.9. The topological polar surface area (TPSA) is 65.2 Å². The van der Waals surface area contributed by atoms with Gasteiger partial charge in [-0.05, 0) is 30.2 Å². The number of rotatable bonds is 5. The lowest BCUT2D eigenvalue weighted by Gasteiger charge is -2.16. The van der Waals surface area contributed by atoms with Crippen molar-refractivity contribution in [2.24, 2.45) is 5.92 Å². The van der Waals surface area contributed by atoms with Crippen LogP contribution >= 0.6 is 0 Å². The highest BCUT2D eigenvalue weighted by molar-refractivity contribution is 6.00. The van der Waals surface area contributed by atoms with Crippen LogP contribution < -0.4 is 10.2 Å². The van der Waals surface area contributed by atoms with Gasteiger partial charge in [-0.15, -0.1) is 0 Å². The second-order valence-electron chi connectivity index (χ2n) is 6.64. The summed E-state index contributed by atoms with van der Waals surface area (Å²) in [6, 6.07) is 17.6. The Morgan fingerprint density at radius 1 is 1.12 bits per heavy atom. The molecule has 2 amide bonds. The van der Waals surface area contributed by atoms with Gasteiger partial charge in [-0.1, -0.05) is 36.4 Å². The number of amides is 2. The van der Waals surface area contributed by atoms with E-state index in [-0.39, 0.29) is 24.2 Å². The van der Waals surface area contributed by atoms with E-state index < -0.39 is 0 Å². The molecule has 0 bridgehead atoms. The Kier molecular flexibility index (Phi) is 4.44. The largest absolute Gasteiger partial charge is 0.361 e. The number of nitrogens with zero attached hydrogens (tertiary/aromatic N) is 1. The number of nitrogens with one attached hydrogen (secondary N) is 2. The van der Waals surface area contributed by atoms with Crippen molar-refractivity contribution in [2.45, 2.75) is 12.8 Å². The van der Waals surface area contributed by atoms with E-state index in [1.165, 1.54) is 10.9 Å². The van der Waals surface area contributed by atoms with E-state index in [1.54, 1.807) is 4.90 Å². The third-order valence-corrected chi connectivity index (χ3v) is 4.93. The molecule has 1 fully saturated rings. The maximum atomic E-state index is 12.5. The van der Waals surface area contributed by atoms with Gasteiger partial charge in [0, 0.05) is 42.3 Å². The van der Waals surface area contributed by atoms with Gasteiger partial charge < -0.3 is 15.2 Å². The fraction of sp³-hybridized carbons (Fsp3) is 0.238. The van der Waals surface area contributed by atoms with Crippen LogP contribution in [0.1, 0.15) is 12.0 Å². The first kappa shape index (κ1) is 16.4. The summed E-state index contributed by atoms with van der Waals surface area (Å²) in [7, 11) is 0. The molecule has 0 spiro atoms. The van der Waals surface area contributed by atoms with Crippen molar-refractivity contribution < 1.29 is 9.59 Å². The predicted molar refractivity (Wildman–Crippen MR) is 102 cm³/mol. The van der Waals surface area contributed by atoms with Crippen LogP contribution in [0, 0.1) is 5.92 Å². The molecule has 5 nitrogen and oxygen atoms in total. The fourth-order valence-corrected chi connectivity index (χ4v) is 3.54. The van der Waals surface area contributed by atoms with Crippen LogP contribution in [-0.4, -0.2) is 29.9 Å². The number of H-pyrrole nitrogens is 1. The molecule has 26 heavy (non-hydrogen) atoms. The number of benzene rings is 2. The summed E-state index contributed by atoms with van der Waals surface area (Å²) in [4.78, 5) is 29.6. The number of para-hydroxylation sites is 2. The lowest BCUT2D eigenvalue weighted by Crippen LogP contribution is -2.34. The lowest BCUT2D eigenvalue weighted by molar-refractivity contribution is -0.126. The van der Waals surface area contributed by atoms with Gasteiger partial charge in [0.1, 0.15) is 0 Å². The number of carbonyl (C=O) groups excluding carboxylic acids is 2. The van der Waals surface area contributed by atoms with Gasteiger partial charge in [-0.3, -0.25) is 9.59 Å². The van der Waals surface area contributed by atoms with Crippen LogP contribution in [-0.2, 0) is 16.0 Å². The molecular formula is C21H21N3O2. The first-order chi connectivity index (χ1) is 12.7. The highest BCUT2D eigenvalue weighted by atomic mass is 16.2. The number of carbonyl (C=O) groups is 2. The SMILES string of the molecule is O=C(NCCc1c[nH]c2ccccc12)[C@H]1CC(=O)N(c2ccccc2)C1. The molecule has 2 aromatic carbocycles. The molecular weight excluding hydrogens is 326 g/mol. The molecule has 2 N–H and O–H groups in total. The number of anilines is 1. The van der Waals surface area contributed by atoms with Gasteiger partial charge in [-0.2, -0.15) is 0 Å². The number of aromatic amines is 1. The molecule has 0 radical (unpaired) electrons. The van der Waals surface area contributed by atoms with Crippen molar-refractivity contribution in [3.05, 3.63) is 66.4 Å². The van der Waals surface area contributed by atoms with Crippen LogP contribution in [0.5, 0.6) is 0 Å². The maximum absolute atomic E-state index is 12.5. The smallest absolute Gasteiger partial charge is 0.227 e. The molecule has 1 saturated heterocycles. The Morgan fingerprint density at radius 2 is 1.88 bits per heavy atom. The average molecular weight is 347 g/mol. The normalized spacial score (nSPS) is 17.0. The van der Waals surface area contributed by atoms with Crippen molar-refractivity contribution in [2.75, 3.05) is 18.0 Å². The summed E-state index contributed by atoms with van der Waals surface area (Å²) < 4.78 is 0. The summed E-state index contributed by atoms with van der Waals surface area (Å²) in [6.07, 6.45) is 3.03. The van der Waals surface area contributed by atoms with E-state index in [2.05, 4.69) is 16.4 Å². The van der Waals surface area contributed by atoms with E-state index in [0.717, 1.165) is 17.6 Å². The van der Waals surface area contributed by atoms with Crippen molar-refractivity contribution in [1.29, 1.82) is 0 Å². The number of hydrogen-bond acceptors (Lipinski definition) is 2. The number of fused-ring (bicyclic) bond motifs is 1. The average Bonchev–Trinajstić information content (AvgIpc) is 3.26. The lowest BCUT2D eigenvalue weighted by atomic mass is 10.1. The van der Waals surface area contributed by atoms with Gasteiger partial charge in [0.25, 0.3) is 0 Å². The molecule has 2 heterocycles. The molecule has 4 rings (SSSR count). The minimum atomic E-state index is -0.286. The first-order valence-corrected chi connectivity index (χ1v) is 8.90. The van der Waals surface area contributed by atoms with E-state index in [1.807, 2.05) is 54.7 Å². The molecule has 1 aliphatic rings. The quantitative estimate of drug-likeness (QED) is 0.745. The zero-order valence-corrected chi connectivity index (χ0v) is 14.4. The second kappa shape index (κ2) is 7.04. The number of aromatic nitrogens is 1. The highest BCUT2D eigenvalue weighted by Crippen LogP contribution is 2.25. The molecule has 1 aliphatic heterocycles. The van der Waals surface area contributed by atoms with Gasteiger partial charge in [0.05, 0.1) is 5.92 Å². The molecule has 1 aromatic heterocycles. The second-order valence-corrected chi connectivity index (χ2v) is 6.64. The van der Waals surface area contributed by atoms with Gasteiger partial charge in [-0.25, -0.2) is 0 Å². The van der Waals surface area contributed by atoms with Crippen LogP contribution in [0.3, 0.4) is 0 Å². The van der Waals surface area contributed by atoms with E-state index in [0.29, 0.717) is 13.1 Å². The summed E-state index contributed by atoms with van der Waals surface area (Å²) in [6.45, 7) is 1.01. The van der Waals surface area contributed by atoms with Gasteiger partial charge in [0.2, 0.25) is 11.8 Å². The van der Waals surface area contributed by atoms with E-state index >= 15 is 0 Å². The van der Waals surface area contributed by atoms with Crippen molar-refractivity contribution in [3.8, 4) is 0 Å². The minimum absolute atomic E-state index is 0.00739. The summed E-state index contributed by atoms with van der Waals surface area (Å²) in [5.74, 6) is -0.324. The van der Waals surface area contributed by atoms with Gasteiger partial charge in [0.15, 0.2) is 0 Å². The molecule has 3 aromatic rings. The molecule has 0 saturated carbocycles. The molecule has 5 heteroatoms. The fourth-order valence-electron chi connectivity index (χ4n) is 3.54. The van der Waals surface area contributed by atoms with Crippen molar-refractivity contribution in [3.63, 3.8) is 0 Å². The monoisotopic (exact) mass is 347 g/mol. The molecule has 0 aliphatic carbocycles. The summed E-state index contributed by atoms with van der Waals surface area (Å²) in [5, 5.41) is 4.18. The predicted octanol–water partition coefficient (Wildman–Crippen LogP) is 2.88. The zero-order valence-electron chi connectivity index (χ0n) is 14.4. The van der Waals surface area contributed by atoms with Crippen molar-refractivity contribution >= 4 is 28.4 Å². The molecule has 132 valence electrons. The highest BCUT2D eigenvalue weighted by Gasteiger charge is 2.34. The minimum Gasteiger partial charge on any atom is -0.361 e. The Morgan fingerprint density at radius 3 is 2.73 bits per heavy atom. The Bertz CT molecular complexity index is 933. The van der Waals surface area contributed by atoms with Gasteiger partial charge >= 0.3 is 0 Å². The standard InChI is InChI=1S/C21H21N3O2/c25-20-12-16(14-24(20)17-6-2-1-3-7-17)21(26)22-11-10-15-13-23-19-9-5-4-8-18(15)19/h1-9,13,16,23H,10-12,14H2,(H,22,26)/t16-/m0/s1. The third kappa shape index (κ3) is 3.20. The molecule has 0 unspecified atom stereocenters. The van der Waals surface area contributed by atoms with Crippen molar-refractivity contribution in [1.82, 2.24) is 10.3 Å². The number of hydrogen-bond donors (Lipinski definition) is 2. The maximum Gasteiger partial charge on any atom is 0.227 e. The summed E-state index contributed by atoms with van der Waals surface area (Å²) in [5.41, 5.74) is 3.15. The van der Waals surface area contributed by atoms with Crippen LogP contribution in [0.25, 0.3) is 10.9 Å². The first-order valence-electron chi connectivity index (χ1n) is 8.90. The molecule has 1 atom stereocenters. The van der Waals surface area contributed by atoms with Crippen LogP contribution in [0.4, 0.5) is 5.69 Å². The third-order valence-electron chi connectivity index (χ3n) is 4.93. The van der Waals surface area contributed by atoms with Crippen LogP contribution in [0.15, 0.2) is 60.8 Å². The van der Waals surface area contributed by atoms with E-state index in [9.17, 15) is 9.59 Å². The Hall–Kier alpha value is -3.08. The summed E-state index contributed by atoms with van der Waals surface area (Å²) >= 11 is 0.